The zero-order valence-electron chi connectivity index (χ0n) is 16.9. The molecule has 0 spiro atoms. The number of nitrogens with one attached hydrogen (secondary N) is 1. The number of para-hydroxylation sites is 1. The van der Waals surface area contributed by atoms with E-state index in [1.807, 2.05) is 49.0 Å². The zero-order chi connectivity index (χ0) is 21.5. The number of benzene rings is 2. The lowest BCUT2D eigenvalue weighted by atomic mass is 10.2. The number of rotatable bonds is 8. The standard InChI is InChI=1S/C22H22ClN3O3S/c1-4-29-18-14-15(13-16(23)21(18)28-3)9-10-20(27)25-17-7-5-6-8-19(17)30-22-24-11-12-26(22)2/h5-14H,4H2,1-3H3,(H,25,27)/b10-9-. The molecule has 8 heteroatoms. The SMILES string of the molecule is CCOc1cc(/C=C\C(=O)Nc2ccccc2Sc2nccn2C)cc(Cl)c1OC. The Bertz CT molecular complexity index is 1070. The summed E-state index contributed by atoms with van der Waals surface area (Å²) in [6, 6.07) is 11.1. The second kappa shape index (κ2) is 10.2. The minimum atomic E-state index is -0.257. The number of nitrogens with zero attached hydrogens (tertiary/aromatic N) is 2. The van der Waals surface area contributed by atoms with Crippen molar-refractivity contribution in [2.24, 2.45) is 7.05 Å². The molecule has 30 heavy (non-hydrogen) atoms. The first-order valence-electron chi connectivity index (χ1n) is 9.25. The van der Waals surface area contributed by atoms with Gasteiger partial charge in [-0.2, -0.15) is 0 Å². The normalized spacial score (nSPS) is 10.9. The molecule has 1 N–H and O–H groups in total. The van der Waals surface area contributed by atoms with E-state index in [-0.39, 0.29) is 5.91 Å². The van der Waals surface area contributed by atoms with E-state index in [1.165, 1.54) is 24.9 Å². The third-order valence-corrected chi connectivity index (χ3v) is 5.52. The van der Waals surface area contributed by atoms with Gasteiger partial charge in [0.2, 0.25) is 5.91 Å². The van der Waals surface area contributed by atoms with Crippen molar-refractivity contribution in [1.29, 1.82) is 0 Å². The minimum absolute atomic E-state index is 0.257. The molecule has 1 amide bonds. The zero-order valence-corrected chi connectivity index (χ0v) is 18.5. The number of carbonyl (C=O) groups excluding carboxylic acids is 1. The lowest BCUT2D eigenvalue weighted by Crippen LogP contribution is -2.08. The second-order valence-electron chi connectivity index (χ2n) is 6.21. The number of amides is 1. The molecule has 0 aliphatic rings. The maximum atomic E-state index is 12.5. The maximum Gasteiger partial charge on any atom is 0.248 e. The molecule has 1 heterocycles. The van der Waals surface area contributed by atoms with Crippen LogP contribution in [-0.2, 0) is 11.8 Å². The van der Waals surface area contributed by atoms with E-state index in [0.29, 0.717) is 28.8 Å². The van der Waals surface area contributed by atoms with Gasteiger partial charge in [0.1, 0.15) is 0 Å². The van der Waals surface area contributed by atoms with Crippen LogP contribution in [0.1, 0.15) is 12.5 Å². The smallest absolute Gasteiger partial charge is 0.248 e. The van der Waals surface area contributed by atoms with Crippen molar-refractivity contribution in [2.45, 2.75) is 17.0 Å². The van der Waals surface area contributed by atoms with Crippen molar-refractivity contribution in [2.75, 3.05) is 19.0 Å². The number of ether oxygens (including phenoxy) is 2. The number of halogens is 1. The monoisotopic (exact) mass is 443 g/mol. The van der Waals surface area contributed by atoms with Gasteiger partial charge >= 0.3 is 0 Å². The first kappa shape index (κ1) is 21.8. The van der Waals surface area contributed by atoms with E-state index in [1.54, 1.807) is 24.4 Å². The van der Waals surface area contributed by atoms with Crippen molar-refractivity contribution < 1.29 is 14.3 Å². The molecular weight excluding hydrogens is 422 g/mol. The van der Waals surface area contributed by atoms with Crippen LogP contribution in [0.3, 0.4) is 0 Å². The summed E-state index contributed by atoms with van der Waals surface area (Å²) in [6.45, 7) is 2.36. The summed E-state index contributed by atoms with van der Waals surface area (Å²) in [4.78, 5) is 17.7. The topological polar surface area (TPSA) is 65.4 Å². The molecule has 1 aromatic heterocycles. The van der Waals surface area contributed by atoms with Crippen LogP contribution in [-0.4, -0.2) is 29.2 Å². The highest BCUT2D eigenvalue weighted by Crippen LogP contribution is 2.37. The Morgan fingerprint density at radius 1 is 1.33 bits per heavy atom. The highest BCUT2D eigenvalue weighted by Gasteiger charge is 2.11. The minimum Gasteiger partial charge on any atom is -0.491 e. The summed E-state index contributed by atoms with van der Waals surface area (Å²) in [5.41, 5.74) is 1.44. The quantitative estimate of drug-likeness (QED) is 0.479. The van der Waals surface area contributed by atoms with Crippen LogP contribution in [0.2, 0.25) is 5.02 Å². The Labute approximate surface area is 184 Å². The molecule has 0 radical (unpaired) electrons. The van der Waals surface area contributed by atoms with Gasteiger partial charge in [-0.3, -0.25) is 4.79 Å². The largest absolute Gasteiger partial charge is 0.491 e. The summed E-state index contributed by atoms with van der Waals surface area (Å²) >= 11 is 7.75. The summed E-state index contributed by atoms with van der Waals surface area (Å²) in [7, 11) is 3.46. The van der Waals surface area contributed by atoms with Crippen molar-refractivity contribution >= 4 is 41.0 Å². The third-order valence-electron chi connectivity index (χ3n) is 4.09. The van der Waals surface area contributed by atoms with Gasteiger partial charge in [-0.25, -0.2) is 4.98 Å². The fourth-order valence-corrected chi connectivity index (χ4v) is 3.89. The molecule has 2 aromatic carbocycles. The number of carbonyl (C=O) groups is 1. The van der Waals surface area contributed by atoms with Gasteiger partial charge in [0.25, 0.3) is 0 Å². The Hall–Kier alpha value is -2.90. The number of methoxy groups -OCH3 is 1. The summed E-state index contributed by atoms with van der Waals surface area (Å²) < 4.78 is 12.8. The Morgan fingerprint density at radius 3 is 2.83 bits per heavy atom. The van der Waals surface area contributed by atoms with Crippen LogP contribution < -0.4 is 14.8 Å². The van der Waals surface area contributed by atoms with Gasteiger partial charge in [-0.15, -0.1) is 0 Å². The predicted octanol–water partition coefficient (Wildman–Crippen LogP) is 5.28. The first-order chi connectivity index (χ1) is 14.5. The van der Waals surface area contributed by atoms with Gasteiger partial charge < -0.3 is 19.4 Å². The Morgan fingerprint density at radius 2 is 2.13 bits per heavy atom. The fraction of sp³-hybridized carbons (Fsp3) is 0.182. The average molecular weight is 444 g/mol. The van der Waals surface area contributed by atoms with Gasteiger partial charge in [0.15, 0.2) is 16.7 Å². The van der Waals surface area contributed by atoms with Crippen LogP contribution in [0.25, 0.3) is 6.08 Å². The second-order valence-corrected chi connectivity index (χ2v) is 7.62. The molecule has 0 saturated heterocycles. The number of aryl methyl sites for hydroxylation is 1. The molecule has 6 nitrogen and oxygen atoms in total. The van der Waals surface area contributed by atoms with Crippen LogP contribution >= 0.6 is 23.4 Å². The molecule has 0 aliphatic carbocycles. The van der Waals surface area contributed by atoms with Crippen molar-refractivity contribution in [1.82, 2.24) is 9.55 Å². The third kappa shape index (κ3) is 5.37. The first-order valence-corrected chi connectivity index (χ1v) is 10.4. The van der Waals surface area contributed by atoms with Gasteiger partial charge in [-0.05, 0) is 54.6 Å². The molecule has 0 bridgehead atoms. The highest BCUT2D eigenvalue weighted by molar-refractivity contribution is 7.99. The van der Waals surface area contributed by atoms with Crippen LogP contribution in [0.4, 0.5) is 5.69 Å². The van der Waals surface area contributed by atoms with E-state index >= 15 is 0 Å². The van der Waals surface area contributed by atoms with Crippen LogP contribution in [0, 0.1) is 0 Å². The van der Waals surface area contributed by atoms with Gasteiger partial charge in [0.05, 0.1) is 24.4 Å². The summed E-state index contributed by atoms with van der Waals surface area (Å²) in [5.74, 6) is 0.748. The predicted molar refractivity (Wildman–Crippen MR) is 121 cm³/mol. The summed E-state index contributed by atoms with van der Waals surface area (Å²) in [6.07, 6.45) is 6.75. The number of hydrogen-bond donors (Lipinski definition) is 1. The van der Waals surface area contributed by atoms with E-state index in [0.717, 1.165) is 15.6 Å². The van der Waals surface area contributed by atoms with Gasteiger partial charge in [0, 0.05) is 30.4 Å². The number of aromatic nitrogens is 2. The average Bonchev–Trinajstić information content (AvgIpc) is 3.12. The highest BCUT2D eigenvalue weighted by atomic mass is 35.5. The van der Waals surface area contributed by atoms with Crippen molar-refractivity contribution in [3.8, 4) is 11.5 Å². The molecule has 0 saturated carbocycles. The molecule has 0 aliphatic heterocycles. The molecule has 0 fully saturated rings. The Balaban J connectivity index is 1.75. The lowest BCUT2D eigenvalue weighted by molar-refractivity contribution is -0.111. The molecule has 3 aromatic rings. The van der Waals surface area contributed by atoms with Crippen LogP contribution in [0.15, 0.2) is 64.9 Å². The van der Waals surface area contributed by atoms with Gasteiger partial charge in [-0.1, -0.05) is 23.7 Å². The molecule has 156 valence electrons. The lowest BCUT2D eigenvalue weighted by Gasteiger charge is -2.12. The number of anilines is 1. The molecular formula is C22H22ClN3O3S. The maximum absolute atomic E-state index is 12.5. The van der Waals surface area contributed by atoms with Crippen molar-refractivity contribution in [3.05, 3.63) is 65.5 Å². The van der Waals surface area contributed by atoms with E-state index in [9.17, 15) is 4.79 Å². The number of hydrogen-bond acceptors (Lipinski definition) is 5. The van der Waals surface area contributed by atoms with Crippen molar-refractivity contribution in [3.63, 3.8) is 0 Å². The molecule has 3 rings (SSSR count). The number of imidazole rings is 1. The van der Waals surface area contributed by atoms with E-state index in [4.69, 9.17) is 21.1 Å². The van der Waals surface area contributed by atoms with E-state index in [2.05, 4.69) is 10.3 Å². The van der Waals surface area contributed by atoms with E-state index < -0.39 is 0 Å². The Kier molecular flexibility index (Phi) is 7.43. The van der Waals surface area contributed by atoms with Crippen LogP contribution in [0.5, 0.6) is 11.5 Å². The molecule has 0 atom stereocenters. The summed E-state index contributed by atoms with van der Waals surface area (Å²) in [5, 5.41) is 4.17. The molecule has 0 unspecified atom stereocenters. The fourth-order valence-electron chi connectivity index (χ4n) is 2.70.